The molecule has 14 heavy (non-hydrogen) atoms. The van der Waals surface area contributed by atoms with Crippen LogP contribution in [-0.4, -0.2) is 15.0 Å². The number of hydrogen-bond donors (Lipinski definition) is 1. The molecular formula is C9H12N4S. The summed E-state index contributed by atoms with van der Waals surface area (Å²) in [4.78, 5) is 2.42. The minimum absolute atomic E-state index is 0.117. The Labute approximate surface area is 86.4 Å². The molecule has 0 aliphatic rings. The third kappa shape index (κ3) is 1.56. The number of thiophene rings is 1. The molecule has 0 bridgehead atoms. The summed E-state index contributed by atoms with van der Waals surface area (Å²) >= 11 is 1.71. The first kappa shape index (κ1) is 9.36. The molecule has 2 heterocycles. The summed E-state index contributed by atoms with van der Waals surface area (Å²) in [5.74, 6) is 0. The molecule has 2 aromatic rings. The molecule has 0 amide bonds. The van der Waals surface area contributed by atoms with Crippen LogP contribution in [-0.2, 0) is 7.05 Å². The van der Waals surface area contributed by atoms with E-state index in [2.05, 4.69) is 29.4 Å². The van der Waals surface area contributed by atoms with E-state index in [0.717, 1.165) is 10.6 Å². The van der Waals surface area contributed by atoms with Gasteiger partial charge in [-0.15, -0.1) is 16.4 Å². The van der Waals surface area contributed by atoms with Crippen molar-refractivity contribution < 1.29 is 0 Å². The fourth-order valence-corrected chi connectivity index (χ4v) is 2.24. The van der Waals surface area contributed by atoms with Gasteiger partial charge in [-0.1, -0.05) is 5.21 Å². The molecule has 1 unspecified atom stereocenters. The lowest BCUT2D eigenvalue weighted by Crippen LogP contribution is -2.14. The minimum Gasteiger partial charge on any atom is -0.318 e. The van der Waals surface area contributed by atoms with Gasteiger partial charge in [-0.2, -0.15) is 0 Å². The van der Waals surface area contributed by atoms with E-state index in [4.69, 9.17) is 5.73 Å². The van der Waals surface area contributed by atoms with E-state index in [1.807, 2.05) is 7.05 Å². The molecule has 0 radical (unpaired) electrons. The Balaban J connectivity index is 2.33. The van der Waals surface area contributed by atoms with E-state index in [1.54, 1.807) is 22.2 Å². The van der Waals surface area contributed by atoms with Gasteiger partial charge < -0.3 is 5.73 Å². The van der Waals surface area contributed by atoms with Gasteiger partial charge in [0.15, 0.2) is 0 Å². The van der Waals surface area contributed by atoms with Crippen molar-refractivity contribution in [3.63, 3.8) is 0 Å². The third-order valence-corrected chi connectivity index (χ3v) is 3.22. The van der Waals surface area contributed by atoms with Crippen LogP contribution in [0, 0.1) is 6.92 Å². The van der Waals surface area contributed by atoms with Crippen molar-refractivity contribution in [1.29, 1.82) is 0 Å². The maximum atomic E-state index is 6.08. The molecule has 0 aliphatic carbocycles. The average molecular weight is 208 g/mol. The minimum atomic E-state index is -0.117. The summed E-state index contributed by atoms with van der Waals surface area (Å²) in [6, 6.07) is 4.01. The van der Waals surface area contributed by atoms with Crippen LogP contribution in [0.1, 0.15) is 21.5 Å². The van der Waals surface area contributed by atoms with Crippen molar-refractivity contribution in [2.45, 2.75) is 13.0 Å². The largest absolute Gasteiger partial charge is 0.318 e. The van der Waals surface area contributed by atoms with Crippen molar-refractivity contribution in [1.82, 2.24) is 15.0 Å². The number of nitrogens with two attached hydrogens (primary N) is 1. The van der Waals surface area contributed by atoms with Crippen LogP contribution >= 0.6 is 11.3 Å². The molecule has 5 heteroatoms. The van der Waals surface area contributed by atoms with E-state index >= 15 is 0 Å². The number of hydrogen-bond acceptors (Lipinski definition) is 4. The second-order valence-electron chi connectivity index (χ2n) is 3.21. The lowest BCUT2D eigenvalue weighted by Gasteiger charge is -2.08. The van der Waals surface area contributed by atoms with Crippen molar-refractivity contribution in [3.05, 3.63) is 33.8 Å². The van der Waals surface area contributed by atoms with Crippen LogP contribution in [0.3, 0.4) is 0 Å². The Morgan fingerprint density at radius 3 is 2.79 bits per heavy atom. The van der Waals surface area contributed by atoms with Crippen LogP contribution in [0.15, 0.2) is 18.3 Å². The zero-order valence-corrected chi connectivity index (χ0v) is 8.95. The highest BCUT2D eigenvalue weighted by Gasteiger charge is 2.14. The van der Waals surface area contributed by atoms with E-state index in [1.165, 1.54) is 4.88 Å². The zero-order valence-electron chi connectivity index (χ0n) is 8.14. The summed E-state index contributed by atoms with van der Waals surface area (Å²) in [5.41, 5.74) is 7.02. The molecule has 74 valence electrons. The molecule has 2 aromatic heterocycles. The van der Waals surface area contributed by atoms with E-state index in [0.29, 0.717) is 0 Å². The number of rotatable bonds is 2. The lowest BCUT2D eigenvalue weighted by atomic mass is 10.2. The van der Waals surface area contributed by atoms with Gasteiger partial charge in [0.25, 0.3) is 0 Å². The number of aryl methyl sites for hydroxylation is 2. The highest BCUT2D eigenvalue weighted by atomic mass is 32.1. The molecule has 1 atom stereocenters. The van der Waals surface area contributed by atoms with Gasteiger partial charge in [-0.05, 0) is 19.1 Å². The first-order valence-corrected chi connectivity index (χ1v) is 5.16. The predicted octanol–water partition coefficient (Wildman–Crippen LogP) is 1.23. The zero-order chi connectivity index (χ0) is 10.1. The van der Waals surface area contributed by atoms with Crippen molar-refractivity contribution in [3.8, 4) is 0 Å². The molecule has 0 aromatic carbocycles. The monoisotopic (exact) mass is 208 g/mol. The lowest BCUT2D eigenvalue weighted by molar-refractivity contribution is 0.654. The van der Waals surface area contributed by atoms with Crippen LogP contribution in [0.5, 0.6) is 0 Å². The molecule has 0 saturated heterocycles. The van der Waals surface area contributed by atoms with Crippen LogP contribution in [0.2, 0.25) is 0 Å². The smallest absolute Gasteiger partial charge is 0.0833 e. The molecular weight excluding hydrogens is 196 g/mol. The number of aromatic nitrogens is 3. The Morgan fingerprint density at radius 1 is 1.50 bits per heavy atom. The van der Waals surface area contributed by atoms with E-state index < -0.39 is 0 Å². The van der Waals surface area contributed by atoms with Crippen LogP contribution in [0.25, 0.3) is 0 Å². The second kappa shape index (κ2) is 3.51. The summed E-state index contributed by atoms with van der Waals surface area (Å²) < 4.78 is 1.71. The van der Waals surface area contributed by atoms with Crippen molar-refractivity contribution in [2.24, 2.45) is 12.8 Å². The summed E-state index contributed by atoms with van der Waals surface area (Å²) in [6.45, 7) is 2.07. The topological polar surface area (TPSA) is 56.7 Å². The molecule has 0 aliphatic heterocycles. The standard InChI is InChI=1S/C9H12N4S/c1-6-3-4-8(14-6)9(10)7-5-11-12-13(7)2/h3-5,9H,10H2,1-2H3. The summed E-state index contributed by atoms with van der Waals surface area (Å²) in [7, 11) is 1.85. The first-order chi connectivity index (χ1) is 6.68. The SMILES string of the molecule is Cc1ccc(C(N)c2cnnn2C)s1. The van der Waals surface area contributed by atoms with Gasteiger partial charge in [0, 0.05) is 16.8 Å². The third-order valence-electron chi connectivity index (χ3n) is 2.14. The molecule has 4 nitrogen and oxygen atoms in total. The fraction of sp³-hybridized carbons (Fsp3) is 0.333. The van der Waals surface area contributed by atoms with Crippen molar-refractivity contribution >= 4 is 11.3 Å². The van der Waals surface area contributed by atoms with Gasteiger partial charge in [0.05, 0.1) is 17.9 Å². The van der Waals surface area contributed by atoms with Crippen LogP contribution < -0.4 is 5.73 Å². The van der Waals surface area contributed by atoms with Gasteiger partial charge in [0.2, 0.25) is 0 Å². The summed E-state index contributed by atoms with van der Waals surface area (Å²) in [5, 5.41) is 7.67. The molecule has 2 rings (SSSR count). The molecule has 0 spiro atoms. The van der Waals surface area contributed by atoms with Gasteiger partial charge in [-0.25, -0.2) is 0 Å². The van der Waals surface area contributed by atoms with E-state index in [-0.39, 0.29) is 6.04 Å². The normalized spacial score (nSPS) is 13.1. The Kier molecular flexibility index (Phi) is 2.35. The highest BCUT2D eigenvalue weighted by Crippen LogP contribution is 2.25. The maximum absolute atomic E-state index is 6.08. The maximum Gasteiger partial charge on any atom is 0.0833 e. The average Bonchev–Trinajstić information content (AvgIpc) is 2.73. The van der Waals surface area contributed by atoms with Crippen LogP contribution in [0.4, 0.5) is 0 Å². The highest BCUT2D eigenvalue weighted by molar-refractivity contribution is 7.12. The quantitative estimate of drug-likeness (QED) is 0.807. The van der Waals surface area contributed by atoms with Gasteiger partial charge >= 0.3 is 0 Å². The van der Waals surface area contributed by atoms with Gasteiger partial charge in [-0.3, -0.25) is 4.68 Å². The number of nitrogens with zero attached hydrogens (tertiary/aromatic N) is 3. The van der Waals surface area contributed by atoms with E-state index in [9.17, 15) is 0 Å². The second-order valence-corrected chi connectivity index (χ2v) is 4.53. The molecule has 0 saturated carbocycles. The molecule has 2 N–H and O–H groups in total. The van der Waals surface area contributed by atoms with Gasteiger partial charge in [0.1, 0.15) is 0 Å². The Morgan fingerprint density at radius 2 is 2.29 bits per heavy atom. The fourth-order valence-electron chi connectivity index (χ4n) is 1.35. The Hall–Kier alpha value is -1.20. The predicted molar refractivity (Wildman–Crippen MR) is 56.1 cm³/mol. The molecule has 0 fully saturated rings. The van der Waals surface area contributed by atoms with Crippen molar-refractivity contribution in [2.75, 3.05) is 0 Å². The Bertz CT molecular complexity index is 431. The summed E-state index contributed by atoms with van der Waals surface area (Å²) in [6.07, 6.45) is 1.71. The first-order valence-electron chi connectivity index (χ1n) is 4.35.